The number of rotatable bonds is 2. The van der Waals surface area contributed by atoms with Gasteiger partial charge in [0.15, 0.2) is 0 Å². The van der Waals surface area contributed by atoms with Crippen LogP contribution in [0.3, 0.4) is 0 Å². The monoisotopic (exact) mass is 222 g/mol. The van der Waals surface area contributed by atoms with Crippen LogP contribution in [0.15, 0.2) is 18.2 Å². The molecule has 1 amide bonds. The zero-order valence-electron chi connectivity index (χ0n) is 8.07. The maximum absolute atomic E-state index is 12.9. The number of nitro groups is 1. The zero-order valence-corrected chi connectivity index (χ0v) is 8.07. The first-order valence-corrected chi connectivity index (χ1v) is 4.21. The third kappa shape index (κ3) is 3.38. The second-order valence-electron chi connectivity index (χ2n) is 2.90. The van der Waals surface area contributed by atoms with E-state index in [4.69, 9.17) is 5.73 Å². The second kappa shape index (κ2) is 4.89. The van der Waals surface area contributed by atoms with Gasteiger partial charge in [0, 0.05) is 11.6 Å². The van der Waals surface area contributed by atoms with Crippen molar-refractivity contribution in [3.05, 3.63) is 39.7 Å². The number of benzene rings is 1. The molecule has 2 N–H and O–H groups in total. The Morgan fingerprint density at radius 2 is 2.19 bits per heavy atom. The molecule has 5 nitrogen and oxygen atoms in total. The molecule has 0 bridgehead atoms. The number of carbonyl (C=O) groups is 1. The number of hydrogen-bond acceptors (Lipinski definition) is 3. The van der Waals surface area contributed by atoms with Gasteiger partial charge in [-0.15, -0.1) is 0 Å². The highest BCUT2D eigenvalue weighted by Crippen LogP contribution is 2.15. The molecule has 0 radical (unpaired) electrons. The number of primary amides is 1. The molecule has 6 heteroatoms. The summed E-state index contributed by atoms with van der Waals surface area (Å²) in [6, 6.07) is 2.96. The molecule has 0 unspecified atom stereocenters. The average molecular weight is 222 g/mol. The summed E-state index contributed by atoms with van der Waals surface area (Å²) in [6.07, 6.45) is -0.176. The van der Waals surface area contributed by atoms with Crippen LogP contribution in [0.1, 0.15) is 12.0 Å². The highest BCUT2D eigenvalue weighted by Gasteiger charge is 2.08. The number of nitro benzene ring substituents is 1. The van der Waals surface area contributed by atoms with Gasteiger partial charge in [0.25, 0.3) is 5.69 Å². The normalized spacial score (nSPS) is 9.06. The van der Waals surface area contributed by atoms with Gasteiger partial charge in [0.1, 0.15) is 5.82 Å². The van der Waals surface area contributed by atoms with Crippen molar-refractivity contribution in [1.82, 2.24) is 0 Å². The topological polar surface area (TPSA) is 86.2 Å². The van der Waals surface area contributed by atoms with Crippen LogP contribution in [-0.4, -0.2) is 10.8 Å². The van der Waals surface area contributed by atoms with Crippen LogP contribution in [0.25, 0.3) is 0 Å². The van der Waals surface area contributed by atoms with Gasteiger partial charge in [-0.05, 0) is 6.07 Å². The van der Waals surface area contributed by atoms with Crippen molar-refractivity contribution in [3.63, 3.8) is 0 Å². The van der Waals surface area contributed by atoms with Gasteiger partial charge in [0.05, 0.1) is 17.4 Å². The van der Waals surface area contributed by atoms with Gasteiger partial charge in [-0.25, -0.2) is 4.39 Å². The minimum absolute atomic E-state index is 0.132. The van der Waals surface area contributed by atoms with E-state index in [2.05, 4.69) is 11.8 Å². The summed E-state index contributed by atoms with van der Waals surface area (Å²) in [7, 11) is 0. The van der Waals surface area contributed by atoms with Crippen molar-refractivity contribution in [3.8, 4) is 11.8 Å². The van der Waals surface area contributed by atoms with Crippen LogP contribution in [0, 0.1) is 27.8 Å². The summed E-state index contributed by atoms with van der Waals surface area (Å²) in [5.74, 6) is 3.43. The molecule has 0 spiro atoms. The SMILES string of the molecule is NC(=O)CC#Cc1cc(F)cc([N+](=O)[O-])c1. The number of non-ortho nitro benzene ring substituents is 1. The van der Waals surface area contributed by atoms with Crippen molar-refractivity contribution < 1.29 is 14.1 Å². The Kier molecular flexibility index (Phi) is 3.56. The maximum atomic E-state index is 12.9. The summed E-state index contributed by atoms with van der Waals surface area (Å²) in [6.45, 7) is 0. The van der Waals surface area contributed by atoms with Crippen LogP contribution < -0.4 is 5.73 Å². The fourth-order valence-corrected chi connectivity index (χ4v) is 0.985. The summed E-state index contributed by atoms with van der Waals surface area (Å²) < 4.78 is 12.9. The Balaban J connectivity index is 2.99. The molecule has 0 heterocycles. The molecule has 0 aliphatic carbocycles. The van der Waals surface area contributed by atoms with Crippen molar-refractivity contribution in [2.45, 2.75) is 6.42 Å². The fraction of sp³-hybridized carbons (Fsp3) is 0.100. The smallest absolute Gasteiger partial charge is 0.273 e. The Morgan fingerprint density at radius 1 is 1.50 bits per heavy atom. The number of nitrogens with two attached hydrogens (primary N) is 1. The molecule has 0 atom stereocenters. The van der Waals surface area contributed by atoms with Crippen molar-refractivity contribution in [2.75, 3.05) is 0 Å². The molecule has 1 aromatic rings. The third-order valence-corrected chi connectivity index (χ3v) is 1.59. The second-order valence-corrected chi connectivity index (χ2v) is 2.90. The minimum Gasteiger partial charge on any atom is -0.369 e. The lowest BCUT2D eigenvalue weighted by atomic mass is 10.2. The molecule has 82 valence electrons. The first kappa shape index (κ1) is 11.7. The molecule has 0 fully saturated rings. The Labute approximate surface area is 90.2 Å². The lowest BCUT2D eigenvalue weighted by Gasteiger charge is -1.93. The summed E-state index contributed by atoms with van der Waals surface area (Å²) in [5.41, 5.74) is 4.59. The number of nitrogens with zero attached hydrogens (tertiary/aromatic N) is 1. The van der Waals surface area contributed by atoms with Crippen LogP contribution in [0.4, 0.5) is 10.1 Å². The number of carbonyl (C=O) groups excluding carboxylic acids is 1. The largest absolute Gasteiger partial charge is 0.369 e. The van der Waals surface area contributed by atoms with Gasteiger partial charge >= 0.3 is 0 Å². The molecule has 1 aromatic carbocycles. The molecule has 0 aromatic heterocycles. The number of halogens is 1. The van der Waals surface area contributed by atoms with E-state index in [0.29, 0.717) is 0 Å². The maximum Gasteiger partial charge on any atom is 0.273 e. The average Bonchev–Trinajstić information content (AvgIpc) is 2.16. The number of hydrogen-bond donors (Lipinski definition) is 1. The molecule has 0 aliphatic heterocycles. The first-order chi connectivity index (χ1) is 7.49. The van der Waals surface area contributed by atoms with E-state index in [0.717, 1.165) is 18.2 Å². The van der Waals surface area contributed by atoms with E-state index < -0.39 is 16.6 Å². The van der Waals surface area contributed by atoms with Crippen molar-refractivity contribution in [2.24, 2.45) is 5.73 Å². The predicted octanol–water partition coefficient (Wildman–Crippen LogP) is 0.961. The Hall–Kier alpha value is -2.42. The highest BCUT2D eigenvalue weighted by molar-refractivity contribution is 5.76. The van der Waals surface area contributed by atoms with Crippen molar-refractivity contribution >= 4 is 11.6 Å². The minimum atomic E-state index is -0.752. The van der Waals surface area contributed by atoms with E-state index in [-0.39, 0.29) is 17.7 Å². The highest BCUT2D eigenvalue weighted by atomic mass is 19.1. The van der Waals surface area contributed by atoms with Gasteiger partial charge in [-0.2, -0.15) is 0 Å². The quantitative estimate of drug-likeness (QED) is 0.459. The Bertz CT molecular complexity index is 503. The van der Waals surface area contributed by atoms with Gasteiger partial charge in [-0.3, -0.25) is 14.9 Å². The standard InChI is InChI=1S/C10H7FN2O3/c11-8-4-7(2-1-3-10(12)14)5-9(6-8)13(15)16/h4-6H,3H2,(H2,12,14). The third-order valence-electron chi connectivity index (χ3n) is 1.59. The first-order valence-electron chi connectivity index (χ1n) is 4.21. The van der Waals surface area contributed by atoms with E-state index in [9.17, 15) is 19.3 Å². The summed E-state index contributed by atoms with van der Waals surface area (Å²) in [4.78, 5) is 20.1. The van der Waals surface area contributed by atoms with Crippen molar-refractivity contribution in [1.29, 1.82) is 0 Å². The fourth-order valence-electron chi connectivity index (χ4n) is 0.985. The molecule has 0 saturated carbocycles. The van der Waals surface area contributed by atoms with Crippen LogP contribution in [0.2, 0.25) is 0 Å². The molecule has 0 aliphatic rings. The predicted molar refractivity (Wildman–Crippen MR) is 53.7 cm³/mol. The van der Waals surface area contributed by atoms with Gasteiger partial charge < -0.3 is 5.73 Å². The van der Waals surface area contributed by atoms with Gasteiger partial charge in [0.2, 0.25) is 5.91 Å². The summed E-state index contributed by atoms with van der Waals surface area (Å²) in [5, 5.41) is 10.4. The zero-order chi connectivity index (χ0) is 12.1. The van der Waals surface area contributed by atoms with Crippen LogP contribution >= 0.6 is 0 Å². The van der Waals surface area contributed by atoms with E-state index in [1.165, 1.54) is 0 Å². The molecule has 1 rings (SSSR count). The lowest BCUT2D eigenvalue weighted by molar-refractivity contribution is -0.385. The Morgan fingerprint density at radius 3 is 2.75 bits per heavy atom. The lowest BCUT2D eigenvalue weighted by Crippen LogP contribution is -2.08. The molecule has 16 heavy (non-hydrogen) atoms. The molecular formula is C10H7FN2O3. The van der Waals surface area contributed by atoms with Crippen LogP contribution in [0.5, 0.6) is 0 Å². The van der Waals surface area contributed by atoms with Crippen LogP contribution in [-0.2, 0) is 4.79 Å². The summed E-state index contributed by atoms with van der Waals surface area (Å²) >= 11 is 0. The van der Waals surface area contributed by atoms with E-state index in [1.807, 2.05) is 0 Å². The molecule has 0 saturated heterocycles. The van der Waals surface area contributed by atoms with E-state index in [1.54, 1.807) is 0 Å². The van der Waals surface area contributed by atoms with E-state index >= 15 is 0 Å². The number of amides is 1. The molecular weight excluding hydrogens is 215 g/mol. The van der Waals surface area contributed by atoms with Gasteiger partial charge in [-0.1, -0.05) is 11.8 Å².